The highest BCUT2D eigenvalue weighted by molar-refractivity contribution is 4.82. The Bertz CT molecular complexity index is 82.7. The van der Waals surface area contributed by atoms with Gasteiger partial charge in [-0.2, -0.15) is 0 Å². The first-order chi connectivity index (χ1) is 4.77. The maximum atomic E-state index is 2.44. The lowest BCUT2D eigenvalue weighted by Crippen LogP contribution is -2.19. The van der Waals surface area contributed by atoms with Crippen LogP contribution >= 0.6 is 0 Å². The topological polar surface area (TPSA) is 0 Å². The van der Waals surface area contributed by atoms with E-state index < -0.39 is 0 Å². The molecular formula is C10H19. The molecule has 1 fully saturated rings. The first-order valence-electron chi connectivity index (χ1n) is 4.55. The molecule has 0 aromatic carbocycles. The second-order valence-corrected chi connectivity index (χ2v) is 3.98. The van der Waals surface area contributed by atoms with Crippen LogP contribution in [0.15, 0.2) is 0 Å². The highest BCUT2D eigenvalue weighted by Crippen LogP contribution is 2.38. The second-order valence-electron chi connectivity index (χ2n) is 3.98. The smallest absolute Gasteiger partial charge is 0.0323 e. The molecule has 0 N–H and O–H groups in total. The molecule has 0 atom stereocenters. The third kappa shape index (κ3) is 2.00. The molecule has 0 heterocycles. The fourth-order valence-electron chi connectivity index (χ4n) is 2.10. The van der Waals surface area contributed by atoms with Crippen LogP contribution in [-0.4, -0.2) is 0 Å². The van der Waals surface area contributed by atoms with Crippen LogP contribution < -0.4 is 0 Å². The van der Waals surface area contributed by atoms with Crippen molar-refractivity contribution >= 4 is 0 Å². The van der Waals surface area contributed by atoms with Crippen LogP contribution in [0.3, 0.4) is 0 Å². The molecule has 10 heavy (non-hydrogen) atoms. The lowest BCUT2D eigenvalue weighted by molar-refractivity contribution is 0.213. The summed E-state index contributed by atoms with van der Waals surface area (Å²) in [5, 5.41) is 0. The summed E-state index contributed by atoms with van der Waals surface area (Å²) in [6.45, 7) is 4.62. The van der Waals surface area contributed by atoms with Gasteiger partial charge in [0.1, 0.15) is 0 Å². The van der Waals surface area contributed by atoms with E-state index in [0.717, 1.165) is 0 Å². The van der Waals surface area contributed by atoms with Gasteiger partial charge in [-0.3, -0.25) is 0 Å². The minimum absolute atomic E-state index is 0.674. The maximum absolute atomic E-state index is 2.44. The summed E-state index contributed by atoms with van der Waals surface area (Å²) >= 11 is 0. The quantitative estimate of drug-likeness (QED) is 0.548. The van der Waals surface area contributed by atoms with Gasteiger partial charge in [0.2, 0.25) is 0 Å². The van der Waals surface area contributed by atoms with Gasteiger partial charge in [0.15, 0.2) is 0 Å². The molecule has 1 aliphatic rings. The molecule has 0 aliphatic heterocycles. The Morgan fingerprint density at radius 2 is 1.80 bits per heavy atom. The Labute approximate surface area is 65.0 Å². The third-order valence-corrected chi connectivity index (χ3v) is 2.76. The SMILES string of the molecule is C[CH]CC1(C)CCCCC1. The van der Waals surface area contributed by atoms with Crippen molar-refractivity contribution in [3.05, 3.63) is 6.42 Å². The summed E-state index contributed by atoms with van der Waals surface area (Å²) in [5.74, 6) is 0. The van der Waals surface area contributed by atoms with Gasteiger partial charge in [-0.25, -0.2) is 0 Å². The highest BCUT2D eigenvalue weighted by Gasteiger charge is 2.24. The van der Waals surface area contributed by atoms with Crippen LogP contribution in [0.2, 0.25) is 0 Å². The van der Waals surface area contributed by atoms with Crippen molar-refractivity contribution in [2.24, 2.45) is 5.41 Å². The summed E-state index contributed by atoms with van der Waals surface area (Å²) in [6.07, 6.45) is 11.0. The molecule has 0 nitrogen and oxygen atoms in total. The maximum Gasteiger partial charge on any atom is -0.0323 e. The molecule has 0 aromatic heterocycles. The Balaban J connectivity index is 2.32. The largest absolute Gasteiger partial charge is 0.0622 e. The lowest BCUT2D eigenvalue weighted by Gasteiger charge is -2.33. The van der Waals surface area contributed by atoms with E-state index in [1.165, 1.54) is 38.5 Å². The summed E-state index contributed by atoms with van der Waals surface area (Å²) in [7, 11) is 0. The second kappa shape index (κ2) is 3.41. The van der Waals surface area contributed by atoms with Gasteiger partial charge in [-0.05, 0) is 31.1 Å². The molecule has 1 radical (unpaired) electrons. The molecule has 1 rings (SSSR count). The average molecular weight is 139 g/mol. The number of rotatable bonds is 2. The van der Waals surface area contributed by atoms with Crippen LogP contribution in [0.5, 0.6) is 0 Å². The normalized spacial score (nSPS) is 24.6. The molecule has 0 unspecified atom stereocenters. The molecule has 0 aromatic rings. The molecule has 0 spiro atoms. The predicted molar refractivity (Wildman–Crippen MR) is 45.8 cm³/mol. The summed E-state index contributed by atoms with van der Waals surface area (Å²) < 4.78 is 0. The number of hydrogen-bond acceptors (Lipinski definition) is 0. The van der Waals surface area contributed by atoms with Gasteiger partial charge in [0.05, 0.1) is 0 Å². The minimum Gasteiger partial charge on any atom is -0.0622 e. The fourth-order valence-corrected chi connectivity index (χ4v) is 2.10. The average Bonchev–Trinajstić information content (AvgIpc) is 1.89. The van der Waals surface area contributed by atoms with Crippen molar-refractivity contribution in [1.29, 1.82) is 0 Å². The van der Waals surface area contributed by atoms with E-state index >= 15 is 0 Å². The third-order valence-electron chi connectivity index (χ3n) is 2.76. The first kappa shape index (κ1) is 8.10. The van der Waals surface area contributed by atoms with Crippen LogP contribution in [0.25, 0.3) is 0 Å². The monoisotopic (exact) mass is 139 g/mol. The molecule has 0 heteroatoms. The zero-order chi connectivity index (χ0) is 7.45. The highest BCUT2D eigenvalue weighted by atomic mass is 14.3. The van der Waals surface area contributed by atoms with Gasteiger partial charge >= 0.3 is 0 Å². The van der Waals surface area contributed by atoms with E-state index in [4.69, 9.17) is 0 Å². The molecule has 0 bridgehead atoms. The van der Waals surface area contributed by atoms with Crippen molar-refractivity contribution in [2.45, 2.75) is 52.4 Å². The van der Waals surface area contributed by atoms with Gasteiger partial charge in [-0.1, -0.05) is 33.1 Å². The van der Waals surface area contributed by atoms with E-state index in [2.05, 4.69) is 20.3 Å². The van der Waals surface area contributed by atoms with Crippen LogP contribution in [-0.2, 0) is 0 Å². The molecule has 59 valence electrons. The fraction of sp³-hybridized carbons (Fsp3) is 0.900. The predicted octanol–water partition coefficient (Wildman–Crippen LogP) is 3.57. The zero-order valence-electron chi connectivity index (χ0n) is 7.32. The summed E-state index contributed by atoms with van der Waals surface area (Å²) in [4.78, 5) is 0. The van der Waals surface area contributed by atoms with Crippen molar-refractivity contribution in [3.63, 3.8) is 0 Å². The minimum atomic E-state index is 0.674. The Morgan fingerprint density at radius 1 is 1.20 bits per heavy atom. The summed E-state index contributed by atoms with van der Waals surface area (Å²) in [5.41, 5.74) is 0.674. The zero-order valence-corrected chi connectivity index (χ0v) is 7.32. The Kier molecular flexibility index (Phi) is 2.76. The van der Waals surface area contributed by atoms with E-state index in [0.29, 0.717) is 5.41 Å². The molecular weight excluding hydrogens is 120 g/mol. The lowest BCUT2D eigenvalue weighted by atomic mass is 9.73. The standard InChI is InChI=1S/C10H19/c1-3-7-10(2)8-5-4-6-9-10/h3H,4-9H2,1-2H3. The van der Waals surface area contributed by atoms with Gasteiger partial charge in [0, 0.05) is 0 Å². The molecule has 0 saturated heterocycles. The van der Waals surface area contributed by atoms with Crippen LogP contribution in [0.1, 0.15) is 52.4 Å². The van der Waals surface area contributed by atoms with E-state index in [-0.39, 0.29) is 0 Å². The van der Waals surface area contributed by atoms with Gasteiger partial charge < -0.3 is 0 Å². The van der Waals surface area contributed by atoms with Crippen LogP contribution in [0.4, 0.5) is 0 Å². The van der Waals surface area contributed by atoms with Gasteiger partial charge in [0.25, 0.3) is 0 Å². The van der Waals surface area contributed by atoms with E-state index in [1.807, 2.05) is 0 Å². The molecule has 1 aliphatic carbocycles. The number of hydrogen-bond donors (Lipinski definition) is 0. The van der Waals surface area contributed by atoms with E-state index in [1.54, 1.807) is 0 Å². The Hall–Kier alpha value is 0. The van der Waals surface area contributed by atoms with Crippen molar-refractivity contribution in [3.8, 4) is 0 Å². The van der Waals surface area contributed by atoms with Crippen LogP contribution in [0, 0.1) is 11.8 Å². The molecule has 1 saturated carbocycles. The molecule has 0 amide bonds. The van der Waals surface area contributed by atoms with Crippen molar-refractivity contribution in [2.75, 3.05) is 0 Å². The van der Waals surface area contributed by atoms with E-state index in [9.17, 15) is 0 Å². The van der Waals surface area contributed by atoms with Gasteiger partial charge in [-0.15, -0.1) is 0 Å². The van der Waals surface area contributed by atoms with Crippen molar-refractivity contribution < 1.29 is 0 Å². The summed E-state index contributed by atoms with van der Waals surface area (Å²) in [6, 6.07) is 0. The first-order valence-corrected chi connectivity index (χ1v) is 4.55. The van der Waals surface area contributed by atoms with Crippen molar-refractivity contribution in [1.82, 2.24) is 0 Å². The Morgan fingerprint density at radius 3 is 2.30 bits per heavy atom.